The lowest BCUT2D eigenvalue weighted by atomic mass is 9.97. The molecule has 0 aliphatic heterocycles. The Morgan fingerprint density at radius 2 is 1.75 bits per heavy atom. The second-order valence-corrected chi connectivity index (χ2v) is 4.70. The van der Waals surface area contributed by atoms with E-state index in [2.05, 4.69) is 11.3 Å². The standard InChI is InChI=1S/C18H16O4.C2H6/c1-3-6-12-9-10-13(11-16(12)19)17(20)14-7-4-5-8-15(14)18(21)22-2;1-2/h3-5,7-11,19H,1,6H2,2H3;1-2H3. The molecule has 0 heterocycles. The van der Waals surface area contributed by atoms with Crippen molar-refractivity contribution in [2.24, 2.45) is 0 Å². The SMILES string of the molecule is C=CCc1ccc(C(=O)c2ccccc2C(=O)OC)cc1O.CC. The van der Waals surface area contributed by atoms with Gasteiger partial charge in [0.2, 0.25) is 0 Å². The lowest BCUT2D eigenvalue weighted by molar-refractivity contribution is 0.0597. The first-order valence-electron chi connectivity index (χ1n) is 7.73. The van der Waals surface area contributed by atoms with E-state index in [-0.39, 0.29) is 22.7 Å². The number of carbonyl (C=O) groups excluding carboxylic acids is 2. The van der Waals surface area contributed by atoms with Crippen molar-refractivity contribution in [2.75, 3.05) is 7.11 Å². The van der Waals surface area contributed by atoms with E-state index in [4.69, 9.17) is 0 Å². The zero-order valence-corrected chi connectivity index (χ0v) is 14.2. The molecule has 0 aromatic heterocycles. The first kappa shape index (κ1) is 19.2. The molecule has 0 bridgehead atoms. The molecule has 2 aromatic rings. The summed E-state index contributed by atoms with van der Waals surface area (Å²) in [5.41, 5.74) is 1.43. The van der Waals surface area contributed by atoms with Crippen LogP contribution in [-0.4, -0.2) is 24.0 Å². The zero-order valence-electron chi connectivity index (χ0n) is 14.2. The summed E-state index contributed by atoms with van der Waals surface area (Å²) in [6.45, 7) is 7.61. The Bertz CT molecular complexity index is 732. The second-order valence-electron chi connectivity index (χ2n) is 4.70. The van der Waals surface area contributed by atoms with Crippen LogP contribution >= 0.6 is 0 Å². The highest BCUT2D eigenvalue weighted by molar-refractivity contribution is 6.14. The Balaban J connectivity index is 0.00000139. The minimum Gasteiger partial charge on any atom is -0.508 e. The third-order valence-electron chi connectivity index (χ3n) is 3.29. The molecule has 4 nitrogen and oxygen atoms in total. The summed E-state index contributed by atoms with van der Waals surface area (Å²) in [5.74, 6) is -0.890. The van der Waals surface area contributed by atoms with Gasteiger partial charge in [-0.1, -0.05) is 50.3 Å². The minimum atomic E-state index is -0.573. The number of rotatable bonds is 5. The number of esters is 1. The van der Waals surface area contributed by atoms with Crippen LogP contribution < -0.4 is 0 Å². The molecule has 0 saturated heterocycles. The molecule has 1 N–H and O–H groups in total. The van der Waals surface area contributed by atoms with Crippen LogP contribution in [0.1, 0.15) is 45.7 Å². The summed E-state index contributed by atoms with van der Waals surface area (Å²) in [5, 5.41) is 9.95. The van der Waals surface area contributed by atoms with Crippen LogP contribution in [-0.2, 0) is 11.2 Å². The van der Waals surface area contributed by atoms with E-state index < -0.39 is 5.97 Å². The highest BCUT2D eigenvalue weighted by atomic mass is 16.5. The summed E-state index contributed by atoms with van der Waals surface area (Å²) in [4.78, 5) is 24.3. The van der Waals surface area contributed by atoms with Crippen molar-refractivity contribution in [1.29, 1.82) is 0 Å². The predicted octanol–water partition coefficient (Wildman–Crippen LogP) is 4.16. The molecule has 0 atom stereocenters. The normalized spacial score (nSPS) is 9.46. The monoisotopic (exact) mass is 326 g/mol. The zero-order chi connectivity index (χ0) is 18.1. The number of phenols is 1. The van der Waals surface area contributed by atoms with Gasteiger partial charge in [-0.3, -0.25) is 4.79 Å². The number of benzene rings is 2. The number of allylic oxidation sites excluding steroid dienone is 1. The Kier molecular flexibility index (Phi) is 7.43. The third-order valence-corrected chi connectivity index (χ3v) is 3.29. The lowest BCUT2D eigenvalue weighted by Crippen LogP contribution is -2.11. The molecular weight excluding hydrogens is 304 g/mol. The van der Waals surface area contributed by atoms with Crippen LogP contribution in [0.25, 0.3) is 0 Å². The fourth-order valence-electron chi connectivity index (χ4n) is 2.16. The topological polar surface area (TPSA) is 63.6 Å². The number of methoxy groups -OCH3 is 1. The van der Waals surface area contributed by atoms with Gasteiger partial charge in [0.15, 0.2) is 5.78 Å². The van der Waals surface area contributed by atoms with E-state index in [0.29, 0.717) is 17.5 Å². The van der Waals surface area contributed by atoms with Crippen molar-refractivity contribution in [2.45, 2.75) is 20.3 Å². The summed E-state index contributed by atoms with van der Waals surface area (Å²) in [6.07, 6.45) is 2.18. The van der Waals surface area contributed by atoms with E-state index in [1.165, 1.54) is 19.2 Å². The summed E-state index contributed by atoms with van der Waals surface area (Å²) in [7, 11) is 1.26. The molecular formula is C20H22O4. The van der Waals surface area contributed by atoms with Crippen molar-refractivity contribution in [1.82, 2.24) is 0 Å². The quantitative estimate of drug-likeness (QED) is 0.509. The molecule has 0 amide bonds. The van der Waals surface area contributed by atoms with E-state index >= 15 is 0 Å². The van der Waals surface area contributed by atoms with Crippen LogP contribution in [0.4, 0.5) is 0 Å². The number of carbonyl (C=O) groups is 2. The molecule has 0 aliphatic rings. The highest BCUT2D eigenvalue weighted by Crippen LogP contribution is 2.23. The Labute approximate surface area is 142 Å². The van der Waals surface area contributed by atoms with Crippen LogP contribution in [0.2, 0.25) is 0 Å². The van der Waals surface area contributed by atoms with E-state index in [9.17, 15) is 14.7 Å². The number of ether oxygens (including phenoxy) is 1. The van der Waals surface area contributed by atoms with Gasteiger partial charge in [-0.2, -0.15) is 0 Å². The molecule has 0 unspecified atom stereocenters. The first-order valence-corrected chi connectivity index (χ1v) is 7.73. The van der Waals surface area contributed by atoms with Gasteiger partial charge in [0.25, 0.3) is 0 Å². The van der Waals surface area contributed by atoms with Crippen molar-refractivity contribution < 1.29 is 19.4 Å². The molecule has 4 heteroatoms. The maximum atomic E-state index is 12.6. The van der Waals surface area contributed by atoms with Gasteiger partial charge in [-0.25, -0.2) is 4.79 Å². The number of hydrogen-bond acceptors (Lipinski definition) is 4. The second kappa shape index (κ2) is 9.30. The van der Waals surface area contributed by atoms with E-state index in [1.54, 1.807) is 36.4 Å². The smallest absolute Gasteiger partial charge is 0.338 e. The largest absolute Gasteiger partial charge is 0.508 e. The Morgan fingerprint density at radius 1 is 1.12 bits per heavy atom. The molecule has 2 aromatic carbocycles. The van der Waals surface area contributed by atoms with Crippen molar-refractivity contribution in [3.8, 4) is 5.75 Å². The molecule has 0 radical (unpaired) electrons. The number of ketones is 1. The van der Waals surface area contributed by atoms with Crippen molar-refractivity contribution >= 4 is 11.8 Å². The molecule has 24 heavy (non-hydrogen) atoms. The third kappa shape index (κ3) is 4.32. The molecule has 2 rings (SSSR count). The highest BCUT2D eigenvalue weighted by Gasteiger charge is 2.19. The molecule has 0 fully saturated rings. The average Bonchev–Trinajstić information content (AvgIpc) is 2.64. The maximum Gasteiger partial charge on any atom is 0.338 e. The van der Waals surface area contributed by atoms with E-state index in [1.807, 2.05) is 13.8 Å². The van der Waals surface area contributed by atoms with Gasteiger partial charge < -0.3 is 9.84 Å². The van der Waals surface area contributed by atoms with Crippen molar-refractivity contribution in [3.05, 3.63) is 77.4 Å². The molecule has 0 saturated carbocycles. The Morgan fingerprint density at radius 3 is 2.29 bits per heavy atom. The first-order chi connectivity index (χ1) is 11.6. The summed E-state index contributed by atoms with van der Waals surface area (Å²) >= 11 is 0. The molecule has 126 valence electrons. The van der Waals surface area contributed by atoms with E-state index in [0.717, 1.165) is 0 Å². The predicted molar refractivity (Wildman–Crippen MR) is 94.6 cm³/mol. The fourth-order valence-corrected chi connectivity index (χ4v) is 2.16. The van der Waals surface area contributed by atoms with Gasteiger partial charge in [0.05, 0.1) is 12.7 Å². The summed E-state index contributed by atoms with van der Waals surface area (Å²) < 4.78 is 4.69. The van der Waals surface area contributed by atoms with Gasteiger partial charge in [0.1, 0.15) is 5.75 Å². The van der Waals surface area contributed by atoms with Gasteiger partial charge in [-0.05, 0) is 24.1 Å². The van der Waals surface area contributed by atoms with Gasteiger partial charge >= 0.3 is 5.97 Å². The number of aromatic hydroxyl groups is 1. The molecule has 0 spiro atoms. The van der Waals surface area contributed by atoms with Gasteiger partial charge in [0, 0.05) is 11.1 Å². The van der Waals surface area contributed by atoms with Crippen LogP contribution in [0.15, 0.2) is 55.1 Å². The van der Waals surface area contributed by atoms with Crippen LogP contribution in [0, 0.1) is 0 Å². The maximum absolute atomic E-state index is 12.6. The number of hydrogen-bond donors (Lipinski definition) is 1. The summed E-state index contributed by atoms with van der Waals surface area (Å²) in [6, 6.07) is 11.1. The lowest BCUT2D eigenvalue weighted by Gasteiger charge is -2.08. The average molecular weight is 326 g/mol. The van der Waals surface area contributed by atoms with Crippen molar-refractivity contribution in [3.63, 3.8) is 0 Å². The van der Waals surface area contributed by atoms with Gasteiger partial charge in [-0.15, -0.1) is 6.58 Å². The Hall–Kier alpha value is -2.88. The van der Waals surface area contributed by atoms with Crippen LogP contribution in [0.3, 0.4) is 0 Å². The molecule has 0 aliphatic carbocycles. The minimum absolute atomic E-state index is 0.0290. The number of phenolic OH excluding ortho intramolecular Hbond substituents is 1. The fraction of sp³-hybridized carbons (Fsp3) is 0.200. The van der Waals surface area contributed by atoms with Crippen LogP contribution in [0.5, 0.6) is 5.75 Å².